The number of rotatable bonds is 1. The first-order valence-corrected chi connectivity index (χ1v) is 5.14. The molecule has 1 unspecified atom stereocenters. The number of hydrogen-bond donors (Lipinski definition) is 2. The largest absolute Gasteiger partial charge is 0.391 e. The molecule has 0 aromatic carbocycles. The minimum Gasteiger partial charge on any atom is -0.391 e. The van der Waals surface area contributed by atoms with Crippen LogP contribution < -0.4 is 0 Å². The van der Waals surface area contributed by atoms with Gasteiger partial charge in [-0.05, 0) is 32.4 Å². The molecule has 4 nitrogen and oxygen atoms in total. The number of likely N-dealkylation sites (tertiary alicyclic amines) is 1. The van der Waals surface area contributed by atoms with Gasteiger partial charge in [-0.1, -0.05) is 0 Å². The zero-order valence-corrected chi connectivity index (χ0v) is 9.03. The normalized spacial score (nSPS) is 24.5. The Morgan fingerprint density at radius 3 is 2.87 bits per heavy atom. The third-order valence-corrected chi connectivity index (χ3v) is 2.93. The van der Waals surface area contributed by atoms with Crippen LogP contribution in [0.2, 0.25) is 0 Å². The van der Waals surface area contributed by atoms with Gasteiger partial charge < -0.3 is 15.0 Å². The second-order valence-electron chi connectivity index (χ2n) is 4.67. The number of nitrogens with zero attached hydrogens (tertiary/aromatic N) is 1. The van der Waals surface area contributed by atoms with Crippen LogP contribution in [0.4, 0.5) is 0 Å². The fourth-order valence-electron chi connectivity index (χ4n) is 2.18. The van der Waals surface area contributed by atoms with Crippen molar-refractivity contribution >= 4 is 5.91 Å². The average molecular weight is 208 g/mol. The molecule has 1 saturated heterocycles. The summed E-state index contributed by atoms with van der Waals surface area (Å²) < 4.78 is 0. The number of aliphatic hydroxyl groups is 1. The number of amides is 1. The van der Waals surface area contributed by atoms with Crippen molar-refractivity contribution in [3.05, 3.63) is 24.0 Å². The SMILES string of the molecule is CC1(C)CC(O)CN1C(=O)c1ccc[nH]1. The van der Waals surface area contributed by atoms with Crippen LogP contribution in [0.15, 0.2) is 18.3 Å². The highest BCUT2D eigenvalue weighted by Crippen LogP contribution is 2.29. The molecule has 4 heteroatoms. The molecule has 2 rings (SSSR count). The zero-order valence-electron chi connectivity index (χ0n) is 9.03. The lowest BCUT2D eigenvalue weighted by Crippen LogP contribution is -2.42. The number of carbonyl (C=O) groups is 1. The highest BCUT2D eigenvalue weighted by Gasteiger charge is 2.40. The fraction of sp³-hybridized carbons (Fsp3) is 0.545. The molecule has 1 atom stereocenters. The van der Waals surface area contributed by atoms with Gasteiger partial charge in [0.15, 0.2) is 0 Å². The predicted octanol–water partition coefficient (Wildman–Crippen LogP) is 1.00. The first kappa shape index (κ1) is 10.2. The van der Waals surface area contributed by atoms with Crippen LogP contribution in [0.3, 0.4) is 0 Å². The lowest BCUT2D eigenvalue weighted by molar-refractivity contribution is 0.0636. The van der Waals surface area contributed by atoms with Crippen molar-refractivity contribution in [3.8, 4) is 0 Å². The van der Waals surface area contributed by atoms with E-state index in [4.69, 9.17) is 0 Å². The Kier molecular flexibility index (Phi) is 2.31. The Bertz CT molecular complexity index is 357. The molecule has 1 amide bonds. The summed E-state index contributed by atoms with van der Waals surface area (Å²) in [6.07, 6.45) is 1.96. The van der Waals surface area contributed by atoms with Gasteiger partial charge in [-0.3, -0.25) is 4.79 Å². The molecule has 1 aliphatic rings. The summed E-state index contributed by atoms with van der Waals surface area (Å²) in [6, 6.07) is 3.55. The van der Waals surface area contributed by atoms with E-state index in [2.05, 4.69) is 4.98 Å². The van der Waals surface area contributed by atoms with Gasteiger partial charge in [0.25, 0.3) is 5.91 Å². The highest BCUT2D eigenvalue weighted by atomic mass is 16.3. The monoisotopic (exact) mass is 208 g/mol. The van der Waals surface area contributed by atoms with Gasteiger partial charge in [0.2, 0.25) is 0 Å². The molecule has 0 spiro atoms. The van der Waals surface area contributed by atoms with Crippen molar-refractivity contribution in [2.45, 2.75) is 31.9 Å². The van der Waals surface area contributed by atoms with Gasteiger partial charge in [0.05, 0.1) is 6.10 Å². The summed E-state index contributed by atoms with van der Waals surface area (Å²) in [6.45, 7) is 4.37. The zero-order chi connectivity index (χ0) is 11.1. The van der Waals surface area contributed by atoms with Crippen LogP contribution in [0.25, 0.3) is 0 Å². The first-order valence-electron chi connectivity index (χ1n) is 5.14. The van der Waals surface area contributed by atoms with Crippen LogP contribution in [-0.4, -0.2) is 39.1 Å². The third-order valence-electron chi connectivity index (χ3n) is 2.93. The minimum atomic E-state index is -0.404. The van der Waals surface area contributed by atoms with Crippen LogP contribution >= 0.6 is 0 Å². The topological polar surface area (TPSA) is 56.3 Å². The van der Waals surface area contributed by atoms with Crippen LogP contribution in [0, 0.1) is 0 Å². The molecule has 1 aromatic heterocycles. The molecule has 0 aliphatic carbocycles. The molecule has 1 aromatic rings. The lowest BCUT2D eigenvalue weighted by Gasteiger charge is -2.30. The van der Waals surface area contributed by atoms with Gasteiger partial charge in [-0.25, -0.2) is 0 Å². The number of nitrogens with one attached hydrogen (secondary N) is 1. The number of carbonyl (C=O) groups excluding carboxylic acids is 1. The first-order chi connectivity index (χ1) is 7.00. The number of β-amino-alcohol motifs (C(OH)–C–C–N with tert-alkyl or cyclic N) is 1. The molecule has 0 bridgehead atoms. The molecule has 1 aliphatic heterocycles. The maximum Gasteiger partial charge on any atom is 0.270 e. The van der Waals surface area contributed by atoms with Crippen molar-refractivity contribution in [1.82, 2.24) is 9.88 Å². The summed E-state index contributed by atoms with van der Waals surface area (Å²) in [7, 11) is 0. The van der Waals surface area contributed by atoms with E-state index in [1.165, 1.54) is 0 Å². The van der Waals surface area contributed by atoms with Crippen molar-refractivity contribution < 1.29 is 9.90 Å². The van der Waals surface area contributed by atoms with E-state index in [-0.39, 0.29) is 11.4 Å². The van der Waals surface area contributed by atoms with Crippen molar-refractivity contribution in [2.24, 2.45) is 0 Å². The summed E-state index contributed by atoms with van der Waals surface area (Å²) in [5.41, 5.74) is 0.318. The Morgan fingerprint density at radius 1 is 1.67 bits per heavy atom. The standard InChI is InChI=1S/C11H16N2O2/c1-11(2)6-8(14)7-13(11)10(15)9-4-3-5-12-9/h3-5,8,12,14H,6-7H2,1-2H3. The predicted molar refractivity (Wildman–Crippen MR) is 56.5 cm³/mol. The summed E-state index contributed by atoms with van der Waals surface area (Å²) in [5.74, 6) is -0.0402. The van der Waals surface area contributed by atoms with Gasteiger partial charge in [-0.2, -0.15) is 0 Å². The molecule has 0 saturated carbocycles. The molecule has 15 heavy (non-hydrogen) atoms. The quantitative estimate of drug-likeness (QED) is 0.723. The number of hydrogen-bond acceptors (Lipinski definition) is 2. The van der Waals surface area contributed by atoms with Gasteiger partial charge in [0, 0.05) is 18.3 Å². The maximum absolute atomic E-state index is 12.1. The number of H-pyrrole nitrogens is 1. The number of aliphatic hydroxyl groups excluding tert-OH is 1. The highest BCUT2D eigenvalue weighted by molar-refractivity contribution is 5.93. The Hall–Kier alpha value is -1.29. The Morgan fingerprint density at radius 2 is 2.40 bits per heavy atom. The van der Waals surface area contributed by atoms with Gasteiger partial charge in [0.1, 0.15) is 5.69 Å². The Balaban J connectivity index is 2.21. The van der Waals surface area contributed by atoms with E-state index in [0.717, 1.165) is 0 Å². The Labute approximate surface area is 88.9 Å². The van der Waals surface area contributed by atoms with Gasteiger partial charge >= 0.3 is 0 Å². The van der Waals surface area contributed by atoms with Crippen molar-refractivity contribution in [3.63, 3.8) is 0 Å². The average Bonchev–Trinajstić information content (AvgIpc) is 2.71. The maximum atomic E-state index is 12.1. The van der Waals surface area contributed by atoms with E-state index in [0.29, 0.717) is 18.7 Å². The van der Waals surface area contributed by atoms with Crippen LogP contribution in [0.5, 0.6) is 0 Å². The molecule has 82 valence electrons. The number of aromatic nitrogens is 1. The molecule has 0 radical (unpaired) electrons. The number of aromatic amines is 1. The van der Waals surface area contributed by atoms with E-state index >= 15 is 0 Å². The third kappa shape index (κ3) is 1.77. The van der Waals surface area contributed by atoms with E-state index in [1.807, 2.05) is 13.8 Å². The minimum absolute atomic E-state index is 0.0402. The fourth-order valence-corrected chi connectivity index (χ4v) is 2.18. The van der Waals surface area contributed by atoms with Gasteiger partial charge in [-0.15, -0.1) is 0 Å². The van der Waals surface area contributed by atoms with E-state index < -0.39 is 6.10 Å². The summed E-state index contributed by atoms with van der Waals surface area (Å²) in [4.78, 5) is 16.7. The van der Waals surface area contributed by atoms with Crippen molar-refractivity contribution in [2.75, 3.05) is 6.54 Å². The van der Waals surface area contributed by atoms with Crippen molar-refractivity contribution in [1.29, 1.82) is 0 Å². The van der Waals surface area contributed by atoms with Crippen LogP contribution in [-0.2, 0) is 0 Å². The van der Waals surface area contributed by atoms with E-state index in [9.17, 15) is 9.90 Å². The lowest BCUT2D eigenvalue weighted by atomic mass is 10.0. The molecular weight excluding hydrogens is 192 g/mol. The summed E-state index contributed by atoms with van der Waals surface area (Å²) in [5, 5.41) is 9.58. The molecule has 2 N–H and O–H groups in total. The molecule has 1 fully saturated rings. The smallest absolute Gasteiger partial charge is 0.270 e. The van der Waals surface area contributed by atoms with Crippen LogP contribution in [0.1, 0.15) is 30.8 Å². The summed E-state index contributed by atoms with van der Waals surface area (Å²) >= 11 is 0. The molecular formula is C11H16N2O2. The van der Waals surface area contributed by atoms with E-state index in [1.54, 1.807) is 23.2 Å². The molecule has 2 heterocycles. The second-order valence-corrected chi connectivity index (χ2v) is 4.67. The second kappa shape index (κ2) is 3.38.